The zero-order valence-electron chi connectivity index (χ0n) is 31.3. The summed E-state index contributed by atoms with van der Waals surface area (Å²) in [6.45, 7) is 10.9. The van der Waals surface area contributed by atoms with Gasteiger partial charge in [-0.2, -0.15) is 0 Å². The maximum Gasteiger partial charge on any atom is 0.314 e. The molecule has 0 aromatic rings. The standard InChI is InChI=1S/C41H80NO2/c1-8-9-10-11-12-13-14-15-16-17-21-24-27-30-33-36-39(43)41(4,5)42(6,7)40(44)37-34-31-28-25-22-19-18-20-23-26-29-32-35-38(2)3/h15-16,38H,8-14,17-37H2,1-7H3/q+1/b16-15-. The van der Waals surface area contributed by atoms with Gasteiger partial charge in [0.25, 0.3) is 0 Å². The summed E-state index contributed by atoms with van der Waals surface area (Å²) in [6, 6.07) is 0. The van der Waals surface area contributed by atoms with Gasteiger partial charge in [-0.25, -0.2) is 4.79 Å². The number of carbonyl (C=O) groups is 2. The van der Waals surface area contributed by atoms with Gasteiger partial charge in [0.2, 0.25) is 0 Å². The van der Waals surface area contributed by atoms with Crippen molar-refractivity contribution < 1.29 is 14.1 Å². The van der Waals surface area contributed by atoms with Gasteiger partial charge < -0.3 is 0 Å². The number of Topliss-reactive ketones (excluding diaryl/α,β-unsaturated/α-hetero) is 1. The van der Waals surface area contributed by atoms with E-state index in [0.29, 0.717) is 12.8 Å². The molecule has 0 bridgehead atoms. The van der Waals surface area contributed by atoms with E-state index in [1.165, 1.54) is 141 Å². The van der Waals surface area contributed by atoms with E-state index >= 15 is 0 Å². The highest BCUT2D eigenvalue weighted by atomic mass is 16.2. The number of amides is 1. The maximum absolute atomic E-state index is 13.2. The fraction of sp³-hybridized carbons (Fsp3) is 0.902. The van der Waals surface area contributed by atoms with Crippen LogP contribution >= 0.6 is 0 Å². The molecule has 260 valence electrons. The highest BCUT2D eigenvalue weighted by Crippen LogP contribution is 2.26. The lowest BCUT2D eigenvalue weighted by Crippen LogP contribution is -2.63. The van der Waals surface area contributed by atoms with Crippen LogP contribution in [0.3, 0.4) is 0 Å². The fourth-order valence-corrected chi connectivity index (χ4v) is 6.16. The normalized spacial score (nSPS) is 12.5. The molecule has 0 unspecified atom stereocenters. The number of allylic oxidation sites excluding steroid dienone is 2. The summed E-state index contributed by atoms with van der Waals surface area (Å²) in [4.78, 5) is 26.4. The van der Waals surface area contributed by atoms with Crippen LogP contribution in [0.2, 0.25) is 0 Å². The van der Waals surface area contributed by atoms with Crippen LogP contribution in [-0.4, -0.2) is 35.8 Å². The first-order valence-electron chi connectivity index (χ1n) is 19.6. The molecule has 0 spiro atoms. The van der Waals surface area contributed by atoms with Crippen LogP contribution in [0.1, 0.15) is 214 Å². The highest BCUT2D eigenvalue weighted by molar-refractivity contribution is 5.88. The summed E-state index contributed by atoms with van der Waals surface area (Å²) in [7, 11) is 3.90. The molecular formula is C41H80NO2+. The van der Waals surface area contributed by atoms with Crippen LogP contribution in [0.4, 0.5) is 0 Å². The SMILES string of the molecule is CCCCCCCC/C=C\CCCCCCCC(=O)C(C)(C)[N+](C)(C)C(=O)CCCCCCCCCCCCCCC(C)C. The lowest BCUT2D eigenvalue weighted by Gasteiger charge is -2.41. The molecule has 3 nitrogen and oxygen atoms in total. The van der Waals surface area contributed by atoms with Gasteiger partial charge in [-0.3, -0.25) is 9.28 Å². The third-order valence-electron chi connectivity index (χ3n) is 10.3. The van der Waals surface area contributed by atoms with Crippen molar-refractivity contribution in [1.29, 1.82) is 0 Å². The Morgan fingerprint density at radius 2 is 0.909 bits per heavy atom. The number of ketones is 1. The van der Waals surface area contributed by atoms with Gasteiger partial charge in [-0.15, -0.1) is 0 Å². The van der Waals surface area contributed by atoms with Crippen LogP contribution < -0.4 is 0 Å². The van der Waals surface area contributed by atoms with Crippen molar-refractivity contribution >= 4 is 11.7 Å². The van der Waals surface area contributed by atoms with Gasteiger partial charge in [0, 0.05) is 6.42 Å². The van der Waals surface area contributed by atoms with Crippen LogP contribution in [0.15, 0.2) is 12.2 Å². The molecule has 0 N–H and O–H groups in total. The molecule has 0 atom stereocenters. The average Bonchev–Trinajstić information content (AvgIpc) is 2.98. The van der Waals surface area contributed by atoms with Crippen molar-refractivity contribution in [3.05, 3.63) is 12.2 Å². The Labute approximate surface area is 277 Å². The largest absolute Gasteiger partial charge is 0.314 e. The van der Waals surface area contributed by atoms with Gasteiger partial charge in [-0.1, -0.05) is 161 Å². The first-order valence-corrected chi connectivity index (χ1v) is 19.6. The molecule has 0 aromatic carbocycles. The summed E-state index contributed by atoms with van der Waals surface area (Å²) in [5.41, 5.74) is -0.660. The molecule has 0 aliphatic carbocycles. The maximum atomic E-state index is 13.2. The lowest BCUT2D eigenvalue weighted by molar-refractivity contribution is -0.854. The van der Waals surface area contributed by atoms with Gasteiger partial charge in [0.15, 0.2) is 11.3 Å². The number of carbonyl (C=O) groups excluding carboxylic acids is 2. The third-order valence-corrected chi connectivity index (χ3v) is 10.3. The zero-order valence-corrected chi connectivity index (χ0v) is 31.3. The smallest absolute Gasteiger partial charge is 0.293 e. The van der Waals surface area contributed by atoms with E-state index in [1.54, 1.807) is 0 Å². The second-order valence-electron chi connectivity index (χ2n) is 15.3. The van der Waals surface area contributed by atoms with Crippen molar-refractivity contribution in [1.82, 2.24) is 0 Å². The minimum absolute atomic E-state index is 0.175. The predicted octanol–water partition coefficient (Wildman–Crippen LogP) is 13.1. The number of hydrogen-bond acceptors (Lipinski definition) is 2. The first kappa shape index (κ1) is 43.0. The molecule has 0 saturated carbocycles. The summed E-state index contributed by atoms with van der Waals surface area (Å²) in [6.07, 6.45) is 39.5. The second kappa shape index (κ2) is 28.3. The van der Waals surface area contributed by atoms with Crippen molar-refractivity contribution in [3.8, 4) is 0 Å². The van der Waals surface area contributed by atoms with Gasteiger partial charge in [0.05, 0.1) is 20.5 Å². The Balaban J connectivity index is 3.87. The molecular weight excluding hydrogens is 538 g/mol. The van der Waals surface area contributed by atoms with Crippen LogP contribution in [-0.2, 0) is 9.59 Å². The van der Waals surface area contributed by atoms with Gasteiger partial charge in [0.1, 0.15) is 0 Å². The fourth-order valence-electron chi connectivity index (χ4n) is 6.16. The number of unbranched alkanes of at least 4 members (excludes halogenated alkanes) is 22. The van der Waals surface area contributed by atoms with E-state index < -0.39 is 5.54 Å². The number of nitrogens with zero attached hydrogens (tertiary/aromatic N) is 1. The van der Waals surface area contributed by atoms with Crippen LogP contribution in [0, 0.1) is 5.92 Å². The molecule has 0 aliphatic rings. The van der Waals surface area contributed by atoms with E-state index in [1.807, 2.05) is 27.9 Å². The topological polar surface area (TPSA) is 34.1 Å². The number of hydrogen-bond donors (Lipinski definition) is 0. The van der Waals surface area contributed by atoms with E-state index in [4.69, 9.17) is 0 Å². The summed E-state index contributed by atoms with van der Waals surface area (Å²) in [5.74, 6) is 1.30. The summed E-state index contributed by atoms with van der Waals surface area (Å²) >= 11 is 0. The molecule has 0 aliphatic heterocycles. The Morgan fingerprint density at radius 3 is 1.34 bits per heavy atom. The minimum Gasteiger partial charge on any atom is -0.293 e. The molecule has 44 heavy (non-hydrogen) atoms. The Kier molecular flexibility index (Phi) is 27.7. The monoisotopic (exact) mass is 619 g/mol. The molecule has 0 radical (unpaired) electrons. The van der Waals surface area contributed by atoms with Crippen LogP contribution in [0.5, 0.6) is 0 Å². The number of quaternary nitrogens is 1. The third kappa shape index (κ3) is 22.5. The van der Waals surface area contributed by atoms with Crippen molar-refractivity contribution in [2.24, 2.45) is 5.92 Å². The average molecular weight is 619 g/mol. The van der Waals surface area contributed by atoms with Crippen molar-refractivity contribution in [2.45, 2.75) is 220 Å². The molecule has 1 amide bonds. The van der Waals surface area contributed by atoms with Crippen molar-refractivity contribution in [3.63, 3.8) is 0 Å². The van der Waals surface area contributed by atoms with E-state index in [2.05, 4.69) is 32.9 Å². The predicted molar refractivity (Wildman–Crippen MR) is 195 cm³/mol. The van der Waals surface area contributed by atoms with Crippen molar-refractivity contribution in [2.75, 3.05) is 14.1 Å². The number of rotatable bonds is 32. The lowest BCUT2D eigenvalue weighted by atomic mass is 9.90. The molecule has 0 heterocycles. The van der Waals surface area contributed by atoms with E-state index in [-0.39, 0.29) is 16.2 Å². The minimum atomic E-state index is -0.660. The summed E-state index contributed by atoms with van der Waals surface area (Å²) in [5, 5.41) is 0. The van der Waals surface area contributed by atoms with Gasteiger partial charge >= 0.3 is 5.91 Å². The Bertz CT molecular complexity index is 705. The Morgan fingerprint density at radius 1 is 0.545 bits per heavy atom. The first-order chi connectivity index (χ1) is 21.1. The number of likely N-dealkylation sites (N-methyl/N-ethyl adjacent to an activating group) is 1. The molecule has 0 rings (SSSR count). The second-order valence-corrected chi connectivity index (χ2v) is 15.3. The Hall–Kier alpha value is -0.960. The molecule has 0 fully saturated rings. The summed E-state index contributed by atoms with van der Waals surface area (Å²) < 4.78 is 0.175. The van der Waals surface area contributed by atoms with Gasteiger partial charge in [-0.05, 0) is 58.3 Å². The molecule has 0 aromatic heterocycles. The highest BCUT2D eigenvalue weighted by Gasteiger charge is 2.47. The van der Waals surface area contributed by atoms with E-state index in [9.17, 15) is 9.59 Å². The zero-order chi connectivity index (χ0) is 32.9. The molecule has 0 saturated heterocycles. The quantitative estimate of drug-likeness (QED) is 0.0427. The molecule has 3 heteroatoms. The van der Waals surface area contributed by atoms with Crippen LogP contribution in [0.25, 0.3) is 0 Å². The van der Waals surface area contributed by atoms with E-state index in [0.717, 1.165) is 31.6 Å².